The monoisotopic (exact) mass is 473 g/mol. The summed E-state index contributed by atoms with van der Waals surface area (Å²) in [7, 11) is 0. The van der Waals surface area contributed by atoms with E-state index in [9.17, 15) is 0 Å². The second kappa shape index (κ2) is 9.22. The molecule has 4 aromatic carbocycles. The summed E-state index contributed by atoms with van der Waals surface area (Å²) in [5.74, 6) is 1.87. The molecule has 3 N–H and O–H groups in total. The molecule has 1 saturated carbocycles. The Morgan fingerprint density at radius 2 is 1.58 bits per heavy atom. The lowest BCUT2D eigenvalue weighted by Gasteiger charge is -2.40. The maximum Gasteiger partial charge on any atom is 0.122 e. The fraction of sp³-hybridized carbons (Fsp3) is 0.303. The first-order valence-corrected chi connectivity index (χ1v) is 13.3. The van der Waals surface area contributed by atoms with Crippen LogP contribution in [-0.2, 0) is 13.0 Å². The van der Waals surface area contributed by atoms with E-state index in [1.807, 2.05) is 12.1 Å². The molecule has 0 saturated heterocycles. The van der Waals surface area contributed by atoms with Crippen LogP contribution in [0.25, 0.3) is 10.8 Å². The van der Waals surface area contributed by atoms with E-state index in [1.54, 1.807) is 5.56 Å². The molecule has 6 rings (SSSR count). The third-order valence-electron chi connectivity index (χ3n) is 8.23. The number of nitrogens with two attached hydrogens (primary N) is 1. The van der Waals surface area contributed by atoms with Crippen LogP contribution in [0, 0.1) is 11.3 Å². The fourth-order valence-electron chi connectivity index (χ4n) is 6.32. The summed E-state index contributed by atoms with van der Waals surface area (Å²) in [6, 6.07) is 31.6. The highest BCUT2D eigenvalue weighted by Gasteiger charge is 2.40. The molecule has 3 nitrogen and oxygen atoms in total. The van der Waals surface area contributed by atoms with Gasteiger partial charge in [-0.1, -0.05) is 92.7 Å². The van der Waals surface area contributed by atoms with Crippen LogP contribution in [0.3, 0.4) is 0 Å². The lowest BCUT2D eigenvalue weighted by atomic mass is 9.84. The number of amidine groups is 1. The number of hydrogen-bond donors (Lipinski definition) is 2. The summed E-state index contributed by atoms with van der Waals surface area (Å²) in [5, 5.41) is 10.1. The highest BCUT2D eigenvalue weighted by Crippen LogP contribution is 2.55. The zero-order valence-electron chi connectivity index (χ0n) is 21.2. The van der Waals surface area contributed by atoms with Crippen LogP contribution < -0.4 is 5.73 Å². The molecule has 182 valence electrons. The van der Waals surface area contributed by atoms with Gasteiger partial charge in [0.15, 0.2) is 0 Å². The molecule has 0 aromatic heterocycles. The molecule has 3 heteroatoms. The van der Waals surface area contributed by atoms with Gasteiger partial charge in [0.05, 0.1) is 0 Å². The van der Waals surface area contributed by atoms with Crippen LogP contribution in [0.4, 0.5) is 0 Å². The van der Waals surface area contributed by atoms with Gasteiger partial charge >= 0.3 is 0 Å². The van der Waals surface area contributed by atoms with Crippen molar-refractivity contribution in [3.8, 4) is 0 Å². The Hall–Kier alpha value is -3.43. The third-order valence-corrected chi connectivity index (χ3v) is 8.23. The lowest BCUT2D eigenvalue weighted by molar-refractivity contribution is 0.135. The summed E-state index contributed by atoms with van der Waals surface area (Å²) < 4.78 is 0. The maximum atomic E-state index is 7.70. The molecule has 2 aliphatic rings. The van der Waals surface area contributed by atoms with Crippen molar-refractivity contribution in [3.63, 3.8) is 0 Å². The molecule has 0 spiro atoms. The highest BCUT2D eigenvalue weighted by atomic mass is 15.2. The molecular weight excluding hydrogens is 438 g/mol. The van der Waals surface area contributed by atoms with Gasteiger partial charge in [-0.2, -0.15) is 0 Å². The minimum atomic E-state index is 0.123. The van der Waals surface area contributed by atoms with Crippen molar-refractivity contribution in [1.29, 1.82) is 5.41 Å². The SMILES string of the molecule is CC(C)C1c2cc(C3CC3c3ccc4cc(C(=N)N)ccc4c3)ccc2CCN1Cc1ccccc1. The van der Waals surface area contributed by atoms with E-state index in [1.165, 1.54) is 34.1 Å². The van der Waals surface area contributed by atoms with Crippen LogP contribution in [0.2, 0.25) is 0 Å². The quantitative estimate of drug-likeness (QED) is 0.231. The van der Waals surface area contributed by atoms with E-state index in [2.05, 4.69) is 91.5 Å². The van der Waals surface area contributed by atoms with Crippen LogP contribution in [0.1, 0.15) is 71.5 Å². The largest absolute Gasteiger partial charge is 0.384 e. The summed E-state index contributed by atoms with van der Waals surface area (Å²) in [6.07, 6.45) is 2.35. The molecule has 3 atom stereocenters. The average molecular weight is 474 g/mol. The fourth-order valence-corrected chi connectivity index (χ4v) is 6.32. The van der Waals surface area contributed by atoms with Crippen molar-refractivity contribution in [2.75, 3.05) is 6.54 Å². The van der Waals surface area contributed by atoms with E-state index in [-0.39, 0.29) is 5.84 Å². The van der Waals surface area contributed by atoms with Crippen LogP contribution in [0.5, 0.6) is 0 Å². The van der Waals surface area contributed by atoms with E-state index >= 15 is 0 Å². The number of rotatable bonds is 6. The Labute approximate surface area is 214 Å². The number of hydrogen-bond acceptors (Lipinski definition) is 2. The van der Waals surface area contributed by atoms with Crippen LogP contribution in [0.15, 0.2) is 84.9 Å². The van der Waals surface area contributed by atoms with Crippen molar-refractivity contribution in [3.05, 3.63) is 118 Å². The predicted molar refractivity (Wildman–Crippen MR) is 150 cm³/mol. The van der Waals surface area contributed by atoms with Gasteiger partial charge in [0, 0.05) is 24.7 Å². The number of nitrogens with one attached hydrogen (secondary N) is 1. The summed E-state index contributed by atoms with van der Waals surface area (Å²) in [6.45, 7) is 6.88. The Morgan fingerprint density at radius 3 is 2.33 bits per heavy atom. The Kier molecular flexibility index (Phi) is 5.89. The average Bonchev–Trinajstić information content (AvgIpc) is 3.69. The number of benzene rings is 4. The summed E-state index contributed by atoms with van der Waals surface area (Å²) in [5.41, 5.74) is 13.9. The first-order chi connectivity index (χ1) is 17.5. The van der Waals surface area contributed by atoms with Gasteiger partial charge in [-0.3, -0.25) is 10.3 Å². The second-order valence-corrected chi connectivity index (χ2v) is 11.0. The maximum absolute atomic E-state index is 7.70. The molecule has 1 fully saturated rings. The summed E-state index contributed by atoms with van der Waals surface area (Å²) in [4.78, 5) is 2.69. The Balaban J connectivity index is 1.25. The molecule has 1 heterocycles. The molecule has 1 aliphatic carbocycles. The Bertz CT molecular complexity index is 1420. The van der Waals surface area contributed by atoms with Crippen molar-refractivity contribution < 1.29 is 0 Å². The zero-order chi connectivity index (χ0) is 24.8. The van der Waals surface area contributed by atoms with Gasteiger partial charge in [0.1, 0.15) is 5.84 Å². The first-order valence-electron chi connectivity index (χ1n) is 13.3. The van der Waals surface area contributed by atoms with Crippen LogP contribution in [-0.4, -0.2) is 17.3 Å². The molecule has 1 aliphatic heterocycles. The van der Waals surface area contributed by atoms with E-state index in [0.29, 0.717) is 23.8 Å². The smallest absolute Gasteiger partial charge is 0.122 e. The first kappa shape index (κ1) is 23.0. The highest BCUT2D eigenvalue weighted by molar-refractivity contribution is 5.99. The van der Waals surface area contributed by atoms with Gasteiger partial charge in [0.25, 0.3) is 0 Å². The number of fused-ring (bicyclic) bond motifs is 2. The van der Waals surface area contributed by atoms with Gasteiger partial charge in [0.2, 0.25) is 0 Å². The third kappa shape index (κ3) is 4.33. The van der Waals surface area contributed by atoms with Gasteiger partial charge < -0.3 is 5.73 Å². The van der Waals surface area contributed by atoms with Gasteiger partial charge in [-0.25, -0.2) is 0 Å². The van der Waals surface area contributed by atoms with Crippen molar-refractivity contribution in [2.24, 2.45) is 11.7 Å². The topological polar surface area (TPSA) is 53.1 Å². The molecule has 3 unspecified atom stereocenters. The van der Waals surface area contributed by atoms with Crippen molar-refractivity contribution in [1.82, 2.24) is 4.90 Å². The van der Waals surface area contributed by atoms with Crippen molar-refractivity contribution in [2.45, 2.75) is 51.1 Å². The standard InChI is InChI=1S/C33H35N3/c1-21(2)32-31-18-27(11-8-23(31)14-15-36(32)20-22-6-4-3-5-7-22)30-19-29(30)26-12-9-25-17-28(33(34)35)13-10-24(25)16-26/h3-13,16-18,21,29-30,32H,14-15,19-20H2,1-2H3,(H3,34,35). The molecule has 4 aromatic rings. The molecule has 0 bridgehead atoms. The number of nitrogens with zero attached hydrogens (tertiary/aromatic N) is 1. The summed E-state index contributed by atoms with van der Waals surface area (Å²) >= 11 is 0. The predicted octanol–water partition coefficient (Wildman–Crippen LogP) is 7.15. The van der Waals surface area contributed by atoms with Gasteiger partial charge in [-0.15, -0.1) is 0 Å². The minimum Gasteiger partial charge on any atom is -0.384 e. The van der Waals surface area contributed by atoms with E-state index < -0.39 is 0 Å². The number of nitrogen functional groups attached to an aromatic ring is 1. The zero-order valence-corrected chi connectivity index (χ0v) is 21.2. The van der Waals surface area contributed by atoms with E-state index in [0.717, 1.165) is 30.5 Å². The second-order valence-electron chi connectivity index (χ2n) is 11.0. The Morgan fingerprint density at radius 1 is 0.889 bits per heavy atom. The normalized spacial score (nSPS) is 21.5. The lowest BCUT2D eigenvalue weighted by Crippen LogP contribution is -2.37. The van der Waals surface area contributed by atoms with Crippen LogP contribution >= 0.6 is 0 Å². The van der Waals surface area contributed by atoms with Crippen molar-refractivity contribution >= 4 is 16.6 Å². The van der Waals surface area contributed by atoms with E-state index in [4.69, 9.17) is 11.1 Å². The molecule has 0 amide bonds. The molecular formula is C33H35N3. The molecule has 0 radical (unpaired) electrons. The minimum absolute atomic E-state index is 0.123. The van der Waals surface area contributed by atoms with Gasteiger partial charge in [-0.05, 0) is 75.3 Å². The molecule has 36 heavy (non-hydrogen) atoms.